The molecule has 0 bridgehead atoms. The Labute approximate surface area is 115 Å². The van der Waals surface area contributed by atoms with E-state index in [2.05, 4.69) is 4.72 Å². The molecule has 5 nitrogen and oxygen atoms in total. The Hall–Kier alpha value is -1.18. The molecule has 2 N–H and O–H groups in total. The molecule has 1 aromatic rings. The van der Waals surface area contributed by atoms with E-state index in [1.807, 2.05) is 0 Å². The first kappa shape index (κ1) is 15.9. The molecule has 0 aliphatic heterocycles. The van der Waals surface area contributed by atoms with E-state index in [0.29, 0.717) is 12.1 Å². The molecule has 1 aromatic carbocycles. The zero-order valence-electron chi connectivity index (χ0n) is 10.5. The van der Waals surface area contributed by atoms with Crippen molar-refractivity contribution in [3.05, 3.63) is 28.5 Å². The van der Waals surface area contributed by atoms with Gasteiger partial charge in [-0.2, -0.15) is 0 Å². The maximum atomic E-state index is 13.3. The van der Waals surface area contributed by atoms with Crippen molar-refractivity contribution in [1.82, 2.24) is 4.72 Å². The van der Waals surface area contributed by atoms with Crippen LogP contribution < -0.4 is 4.72 Å². The van der Waals surface area contributed by atoms with Crippen LogP contribution in [0.3, 0.4) is 0 Å². The number of carboxylic acid groups (broad SMARTS) is 1. The van der Waals surface area contributed by atoms with Crippen molar-refractivity contribution < 1.29 is 22.7 Å². The monoisotopic (exact) mass is 309 g/mol. The molecule has 0 unspecified atom stereocenters. The molecular weight excluding hydrogens is 297 g/mol. The first-order valence-electron chi connectivity index (χ1n) is 5.20. The Bertz CT molecular complexity index is 622. The van der Waals surface area contributed by atoms with Crippen LogP contribution >= 0.6 is 11.6 Å². The predicted octanol–water partition coefficient (Wildman–Crippen LogP) is 2.25. The highest BCUT2D eigenvalue weighted by Crippen LogP contribution is 2.26. The summed E-state index contributed by atoms with van der Waals surface area (Å²) in [7, 11) is -4.03. The third-order valence-electron chi connectivity index (χ3n) is 1.98. The molecule has 0 aromatic heterocycles. The minimum atomic E-state index is -4.03. The number of sulfonamides is 1. The third-order valence-corrected chi connectivity index (χ3v) is 4.20. The lowest BCUT2D eigenvalue weighted by molar-refractivity contribution is 0.0691. The molecule has 0 heterocycles. The lowest BCUT2D eigenvalue weighted by Crippen LogP contribution is -2.40. The molecule has 0 aliphatic rings. The van der Waals surface area contributed by atoms with Crippen LogP contribution in [0, 0.1) is 5.82 Å². The summed E-state index contributed by atoms with van der Waals surface area (Å²) in [6.45, 7) is 4.83. The standard InChI is InChI=1S/C11H13ClFNO4S/c1-11(2,3)14-19(17,18)9-4-6(10(15)16)8(13)5-7(9)12/h4-5,14H,1-3H3,(H,15,16). The van der Waals surface area contributed by atoms with Gasteiger partial charge in [-0.25, -0.2) is 22.3 Å². The molecule has 0 radical (unpaired) electrons. The number of aromatic carboxylic acids is 1. The topological polar surface area (TPSA) is 83.5 Å². The average Bonchev–Trinajstić information content (AvgIpc) is 2.11. The molecule has 0 spiro atoms. The summed E-state index contributed by atoms with van der Waals surface area (Å²) in [5.41, 5.74) is -1.53. The molecule has 19 heavy (non-hydrogen) atoms. The molecule has 0 saturated heterocycles. The molecular formula is C11H13ClFNO4S. The maximum absolute atomic E-state index is 13.3. The van der Waals surface area contributed by atoms with E-state index < -0.39 is 37.8 Å². The van der Waals surface area contributed by atoms with Gasteiger partial charge >= 0.3 is 5.97 Å². The Morgan fingerprint density at radius 1 is 1.37 bits per heavy atom. The maximum Gasteiger partial charge on any atom is 0.338 e. The van der Waals surface area contributed by atoms with Crippen molar-refractivity contribution >= 4 is 27.6 Å². The fourth-order valence-corrected chi connectivity index (χ4v) is 3.32. The van der Waals surface area contributed by atoms with Gasteiger partial charge in [-0.3, -0.25) is 0 Å². The van der Waals surface area contributed by atoms with E-state index >= 15 is 0 Å². The fraction of sp³-hybridized carbons (Fsp3) is 0.364. The number of nitrogens with one attached hydrogen (secondary N) is 1. The Morgan fingerprint density at radius 3 is 2.32 bits per heavy atom. The molecule has 106 valence electrons. The normalized spacial score (nSPS) is 12.5. The van der Waals surface area contributed by atoms with Gasteiger partial charge in [-0.05, 0) is 32.9 Å². The SMILES string of the molecule is CC(C)(C)NS(=O)(=O)c1cc(C(=O)O)c(F)cc1Cl. The van der Waals surface area contributed by atoms with E-state index in [1.165, 1.54) is 0 Å². The first-order valence-corrected chi connectivity index (χ1v) is 7.06. The number of benzene rings is 1. The minimum absolute atomic E-state index is 0.376. The smallest absolute Gasteiger partial charge is 0.338 e. The van der Waals surface area contributed by atoms with Crippen molar-refractivity contribution in [3.8, 4) is 0 Å². The van der Waals surface area contributed by atoms with Crippen molar-refractivity contribution in [1.29, 1.82) is 0 Å². The van der Waals surface area contributed by atoms with E-state index in [-0.39, 0.29) is 5.02 Å². The molecule has 0 atom stereocenters. The lowest BCUT2D eigenvalue weighted by Gasteiger charge is -2.21. The van der Waals surface area contributed by atoms with Gasteiger partial charge < -0.3 is 5.11 Å². The quantitative estimate of drug-likeness (QED) is 0.897. The van der Waals surface area contributed by atoms with Gasteiger partial charge in [0, 0.05) is 5.54 Å². The van der Waals surface area contributed by atoms with Crippen LogP contribution in [0.2, 0.25) is 5.02 Å². The second-order valence-corrected chi connectivity index (χ2v) is 6.98. The number of hydrogen-bond donors (Lipinski definition) is 2. The summed E-state index contributed by atoms with van der Waals surface area (Å²) in [5, 5.41) is 8.41. The number of carbonyl (C=O) groups is 1. The molecule has 0 aliphatic carbocycles. The van der Waals surface area contributed by atoms with Crippen LogP contribution in [0.1, 0.15) is 31.1 Å². The summed E-state index contributed by atoms with van der Waals surface area (Å²) in [6, 6.07) is 1.37. The number of hydrogen-bond acceptors (Lipinski definition) is 3. The molecule has 0 amide bonds. The van der Waals surface area contributed by atoms with Gasteiger partial charge in [0.15, 0.2) is 0 Å². The molecule has 0 fully saturated rings. The summed E-state index contributed by atoms with van der Waals surface area (Å²) in [5.74, 6) is -2.66. The largest absolute Gasteiger partial charge is 0.478 e. The van der Waals surface area contributed by atoms with Gasteiger partial charge in [0.2, 0.25) is 10.0 Å². The predicted molar refractivity (Wildman–Crippen MR) is 68.4 cm³/mol. The summed E-state index contributed by atoms with van der Waals surface area (Å²) < 4.78 is 39.7. The fourth-order valence-electron chi connectivity index (χ4n) is 1.36. The van der Waals surface area contributed by atoms with E-state index in [0.717, 1.165) is 0 Å². The van der Waals surface area contributed by atoms with Crippen LogP contribution in [0.15, 0.2) is 17.0 Å². The number of rotatable bonds is 3. The van der Waals surface area contributed by atoms with Crippen LogP contribution in [-0.4, -0.2) is 25.0 Å². The second-order valence-electron chi connectivity index (χ2n) is 4.92. The van der Waals surface area contributed by atoms with Gasteiger partial charge in [0.25, 0.3) is 0 Å². The van der Waals surface area contributed by atoms with Crippen LogP contribution in [0.4, 0.5) is 4.39 Å². The highest BCUT2D eigenvalue weighted by atomic mass is 35.5. The Balaban J connectivity index is 3.43. The Kier molecular flexibility index (Phi) is 4.23. The van der Waals surface area contributed by atoms with Crippen molar-refractivity contribution in [2.24, 2.45) is 0 Å². The van der Waals surface area contributed by atoms with Crippen LogP contribution in [0.25, 0.3) is 0 Å². The van der Waals surface area contributed by atoms with Gasteiger partial charge in [-0.15, -0.1) is 0 Å². The number of halogens is 2. The minimum Gasteiger partial charge on any atom is -0.478 e. The van der Waals surface area contributed by atoms with E-state index in [1.54, 1.807) is 20.8 Å². The zero-order valence-corrected chi connectivity index (χ0v) is 12.1. The zero-order chi connectivity index (χ0) is 15.0. The number of carboxylic acids is 1. The van der Waals surface area contributed by atoms with Gasteiger partial charge in [0.05, 0.1) is 10.6 Å². The summed E-state index contributed by atoms with van der Waals surface area (Å²) in [6.07, 6.45) is 0. The van der Waals surface area contributed by atoms with Crippen molar-refractivity contribution in [3.63, 3.8) is 0 Å². The third kappa shape index (κ3) is 3.89. The molecule has 0 saturated carbocycles. The van der Waals surface area contributed by atoms with Gasteiger partial charge in [-0.1, -0.05) is 11.6 Å². The van der Waals surface area contributed by atoms with Gasteiger partial charge in [0.1, 0.15) is 10.7 Å². The molecule has 1 rings (SSSR count). The molecule has 8 heteroatoms. The van der Waals surface area contributed by atoms with E-state index in [9.17, 15) is 17.6 Å². The van der Waals surface area contributed by atoms with E-state index in [4.69, 9.17) is 16.7 Å². The highest BCUT2D eigenvalue weighted by Gasteiger charge is 2.26. The summed E-state index contributed by atoms with van der Waals surface area (Å²) >= 11 is 5.67. The first-order chi connectivity index (χ1) is 8.44. The van der Waals surface area contributed by atoms with Crippen LogP contribution in [-0.2, 0) is 10.0 Å². The Morgan fingerprint density at radius 2 is 1.89 bits per heavy atom. The summed E-state index contributed by atoms with van der Waals surface area (Å²) in [4.78, 5) is 10.3. The van der Waals surface area contributed by atoms with Crippen molar-refractivity contribution in [2.45, 2.75) is 31.2 Å². The second kappa shape index (κ2) is 5.07. The average molecular weight is 310 g/mol. The van der Waals surface area contributed by atoms with Crippen LogP contribution in [0.5, 0.6) is 0 Å². The van der Waals surface area contributed by atoms with Crippen molar-refractivity contribution in [2.75, 3.05) is 0 Å². The lowest BCUT2D eigenvalue weighted by atomic mass is 10.1. The highest BCUT2D eigenvalue weighted by molar-refractivity contribution is 7.89.